The summed E-state index contributed by atoms with van der Waals surface area (Å²) < 4.78 is 3.89. The van der Waals surface area contributed by atoms with Gasteiger partial charge in [-0.15, -0.1) is 11.3 Å². The summed E-state index contributed by atoms with van der Waals surface area (Å²) in [5, 5.41) is 3.95. The predicted octanol–water partition coefficient (Wildman–Crippen LogP) is 15.4. The Morgan fingerprint density at radius 3 is 1.82 bits per heavy atom. The second-order valence-corrected chi connectivity index (χ2v) is 15.9. The zero-order chi connectivity index (χ0) is 37.7. The molecule has 0 saturated heterocycles. The second-order valence-electron chi connectivity index (χ2n) is 14.8. The lowest BCUT2D eigenvalue weighted by Crippen LogP contribution is -2.12. The van der Waals surface area contributed by atoms with E-state index in [0.717, 1.165) is 29.9 Å². The van der Waals surface area contributed by atoms with E-state index in [1.807, 2.05) is 11.3 Å². The normalized spacial score (nSPS) is 12.5. The Morgan fingerprint density at radius 2 is 1.02 bits per heavy atom. The van der Waals surface area contributed by atoms with Crippen LogP contribution in [0.3, 0.4) is 0 Å². The first-order valence-electron chi connectivity index (χ1n) is 19.7. The van der Waals surface area contributed by atoms with Crippen molar-refractivity contribution in [2.75, 3.05) is 4.90 Å². The minimum atomic E-state index is 1.00. The van der Waals surface area contributed by atoms with Crippen molar-refractivity contribution >= 4 is 72.1 Å². The van der Waals surface area contributed by atoms with E-state index in [-0.39, 0.29) is 0 Å². The maximum atomic E-state index is 2.52. The van der Waals surface area contributed by atoms with Gasteiger partial charge in [-0.2, -0.15) is 0 Å². The molecule has 270 valence electrons. The lowest BCUT2D eigenvalue weighted by molar-refractivity contribution is 0.961. The van der Waals surface area contributed by atoms with Gasteiger partial charge in [-0.3, -0.25) is 0 Å². The van der Waals surface area contributed by atoms with Gasteiger partial charge in [0.25, 0.3) is 0 Å². The number of hydrogen-bond acceptors (Lipinski definition) is 2. The summed E-state index contributed by atoms with van der Waals surface area (Å²) in [6, 6.07) is 72.9. The molecule has 57 heavy (non-hydrogen) atoms. The number of para-hydroxylation sites is 4. The number of fused-ring (bicyclic) bond motifs is 6. The van der Waals surface area contributed by atoms with Crippen LogP contribution in [0.5, 0.6) is 0 Å². The third-order valence-corrected chi connectivity index (χ3v) is 12.7. The molecular weight excluding hydrogens is 709 g/mol. The first kappa shape index (κ1) is 33.4. The molecule has 0 fully saturated rings. The number of benzene rings is 8. The summed E-state index contributed by atoms with van der Waals surface area (Å²) in [7, 11) is 0. The molecular formula is C54H38N2S. The standard InChI is InChI=1S/C54H38N2S/c1-3-17-37(18-4-1)41-21-7-8-23-43(41)44-24-10-14-28-50(44)55(39-19-5-2-6-20-39)49-27-13-9-22-42(49)38-31-34-52-48(35-38)45-25-11-15-29-51(45)56(52)40-32-33-47-46-26-12-16-30-53(46)57-54(47)36-40/h1-31,34-36H,32-33H2. The van der Waals surface area contributed by atoms with E-state index in [2.05, 4.69) is 216 Å². The van der Waals surface area contributed by atoms with E-state index in [0.29, 0.717) is 0 Å². The van der Waals surface area contributed by atoms with Gasteiger partial charge in [-0.05, 0) is 101 Å². The molecule has 0 amide bonds. The number of aromatic nitrogens is 1. The molecule has 2 heterocycles. The number of aryl methyl sites for hydroxylation is 1. The quantitative estimate of drug-likeness (QED) is 0.158. The molecule has 0 aliphatic heterocycles. The van der Waals surface area contributed by atoms with Crippen molar-refractivity contribution in [1.82, 2.24) is 4.57 Å². The first-order chi connectivity index (χ1) is 28.3. The molecule has 8 aromatic carbocycles. The second kappa shape index (κ2) is 14.0. The van der Waals surface area contributed by atoms with Gasteiger partial charge in [0.2, 0.25) is 0 Å². The molecule has 0 bridgehead atoms. The van der Waals surface area contributed by atoms with Gasteiger partial charge >= 0.3 is 0 Å². The van der Waals surface area contributed by atoms with E-state index in [9.17, 15) is 0 Å². The number of thiophene rings is 1. The van der Waals surface area contributed by atoms with Gasteiger partial charge in [-0.25, -0.2) is 0 Å². The molecule has 3 heteroatoms. The predicted molar refractivity (Wildman–Crippen MR) is 245 cm³/mol. The lowest BCUT2D eigenvalue weighted by atomic mass is 9.92. The fourth-order valence-electron chi connectivity index (χ4n) is 8.98. The number of allylic oxidation sites excluding steroid dienone is 1. The highest BCUT2D eigenvalue weighted by atomic mass is 32.1. The van der Waals surface area contributed by atoms with Crippen LogP contribution in [0.4, 0.5) is 17.1 Å². The number of anilines is 3. The largest absolute Gasteiger partial charge is 0.313 e. The van der Waals surface area contributed by atoms with Crippen LogP contribution in [0.2, 0.25) is 0 Å². The van der Waals surface area contributed by atoms with Crippen molar-refractivity contribution in [2.45, 2.75) is 12.8 Å². The Hall–Kier alpha value is -6.94. The highest BCUT2D eigenvalue weighted by Crippen LogP contribution is 2.47. The molecule has 2 nitrogen and oxygen atoms in total. The number of hydrogen-bond donors (Lipinski definition) is 0. The van der Waals surface area contributed by atoms with Crippen LogP contribution in [-0.4, -0.2) is 4.57 Å². The average molecular weight is 747 g/mol. The Bertz CT molecular complexity index is 3130. The summed E-state index contributed by atoms with van der Waals surface area (Å²) in [6.45, 7) is 0. The Kier molecular flexibility index (Phi) is 8.19. The van der Waals surface area contributed by atoms with Crippen molar-refractivity contribution in [3.8, 4) is 33.4 Å². The molecule has 11 rings (SSSR count). The number of rotatable bonds is 7. The van der Waals surface area contributed by atoms with Gasteiger partial charge in [-0.1, -0.05) is 152 Å². The van der Waals surface area contributed by atoms with E-state index in [1.165, 1.54) is 81.4 Å². The van der Waals surface area contributed by atoms with E-state index in [1.54, 1.807) is 0 Å². The zero-order valence-electron chi connectivity index (χ0n) is 31.3. The molecule has 2 aromatic heterocycles. The number of nitrogens with zero attached hydrogens (tertiary/aromatic N) is 2. The van der Waals surface area contributed by atoms with Gasteiger partial charge < -0.3 is 9.47 Å². The Morgan fingerprint density at radius 1 is 0.421 bits per heavy atom. The highest BCUT2D eigenvalue weighted by Gasteiger charge is 2.24. The van der Waals surface area contributed by atoms with Gasteiger partial charge in [0.1, 0.15) is 0 Å². The van der Waals surface area contributed by atoms with Crippen LogP contribution in [0.15, 0.2) is 200 Å². The van der Waals surface area contributed by atoms with Gasteiger partial charge in [0, 0.05) is 42.9 Å². The third kappa shape index (κ3) is 5.70. The smallest absolute Gasteiger partial charge is 0.0540 e. The van der Waals surface area contributed by atoms with Crippen LogP contribution in [-0.2, 0) is 6.42 Å². The summed E-state index contributed by atoms with van der Waals surface area (Å²) in [6.07, 6.45) is 4.51. The van der Waals surface area contributed by atoms with Gasteiger partial charge in [0.05, 0.1) is 22.4 Å². The lowest BCUT2D eigenvalue weighted by Gasteiger charge is -2.30. The van der Waals surface area contributed by atoms with Crippen LogP contribution >= 0.6 is 11.3 Å². The van der Waals surface area contributed by atoms with Crippen molar-refractivity contribution in [1.29, 1.82) is 0 Å². The summed E-state index contributed by atoms with van der Waals surface area (Å²) >= 11 is 1.92. The van der Waals surface area contributed by atoms with Gasteiger partial charge in [0.15, 0.2) is 0 Å². The minimum Gasteiger partial charge on any atom is -0.313 e. The molecule has 0 N–H and O–H groups in total. The fraction of sp³-hybridized carbons (Fsp3) is 0.0370. The Labute approximate surface area is 336 Å². The van der Waals surface area contributed by atoms with Crippen molar-refractivity contribution in [2.24, 2.45) is 0 Å². The summed E-state index contributed by atoms with van der Waals surface area (Å²) in [5.41, 5.74) is 15.9. The van der Waals surface area contributed by atoms with Crippen molar-refractivity contribution in [3.05, 3.63) is 211 Å². The fourth-order valence-corrected chi connectivity index (χ4v) is 10.2. The van der Waals surface area contributed by atoms with Crippen LogP contribution < -0.4 is 4.90 Å². The molecule has 0 unspecified atom stereocenters. The molecule has 1 aliphatic carbocycles. The van der Waals surface area contributed by atoms with E-state index >= 15 is 0 Å². The SMILES string of the molecule is C1=C(n2c3ccccc3c3cc(-c4ccccc4N(c4ccccc4)c4ccccc4-c4ccccc4-c4ccccc4)ccc32)CCc2c1sc1ccccc21. The monoisotopic (exact) mass is 746 g/mol. The van der Waals surface area contributed by atoms with E-state index in [4.69, 9.17) is 0 Å². The Balaban J connectivity index is 1.08. The van der Waals surface area contributed by atoms with Crippen molar-refractivity contribution in [3.63, 3.8) is 0 Å². The molecule has 0 spiro atoms. The summed E-state index contributed by atoms with van der Waals surface area (Å²) in [4.78, 5) is 3.83. The molecule has 0 atom stereocenters. The van der Waals surface area contributed by atoms with Crippen LogP contribution in [0.25, 0.3) is 77.0 Å². The zero-order valence-corrected chi connectivity index (χ0v) is 32.2. The molecule has 10 aromatic rings. The first-order valence-corrected chi connectivity index (χ1v) is 20.5. The third-order valence-electron chi connectivity index (χ3n) is 11.5. The topological polar surface area (TPSA) is 8.17 Å². The summed E-state index contributed by atoms with van der Waals surface area (Å²) in [5.74, 6) is 0. The molecule has 0 saturated carbocycles. The maximum Gasteiger partial charge on any atom is 0.0540 e. The van der Waals surface area contributed by atoms with E-state index < -0.39 is 0 Å². The minimum absolute atomic E-state index is 1.00. The highest BCUT2D eigenvalue weighted by molar-refractivity contribution is 7.20. The van der Waals surface area contributed by atoms with Crippen LogP contribution in [0.1, 0.15) is 16.9 Å². The molecule has 1 aliphatic rings. The van der Waals surface area contributed by atoms with Crippen LogP contribution in [0, 0.1) is 0 Å². The average Bonchev–Trinajstić information content (AvgIpc) is 3.82. The maximum absolute atomic E-state index is 2.52. The van der Waals surface area contributed by atoms with Crippen molar-refractivity contribution < 1.29 is 0 Å². The molecule has 0 radical (unpaired) electrons.